The molecule has 0 spiro atoms. The average Bonchev–Trinajstić information content (AvgIpc) is 2.64. The molecule has 1 fully saturated rings. The largest absolute Gasteiger partial charge is 0.360 e. The van der Waals surface area contributed by atoms with Gasteiger partial charge in [-0.15, -0.1) is 0 Å². The maximum Gasteiger partial charge on any atom is 0.262 e. The average molecular weight is 404 g/mol. The van der Waals surface area contributed by atoms with Gasteiger partial charge >= 0.3 is 0 Å². The minimum Gasteiger partial charge on any atom is -0.360 e. The van der Waals surface area contributed by atoms with Crippen LogP contribution >= 0.6 is 12.2 Å². The molecule has 0 amide bonds. The number of sulfonamides is 1. The highest BCUT2D eigenvalue weighted by Gasteiger charge is 2.18. The van der Waals surface area contributed by atoms with Gasteiger partial charge in [-0.05, 0) is 61.8 Å². The van der Waals surface area contributed by atoms with Gasteiger partial charge in [-0.1, -0.05) is 43.5 Å². The lowest BCUT2D eigenvalue weighted by molar-refractivity contribution is 0.415. The molecule has 1 aliphatic rings. The molecule has 2 aromatic carbocycles. The smallest absolute Gasteiger partial charge is 0.262 e. The molecule has 0 saturated heterocycles. The topological polar surface area (TPSA) is 70.2 Å². The fourth-order valence-electron chi connectivity index (χ4n) is 3.28. The lowest BCUT2D eigenvalue weighted by Crippen LogP contribution is -2.38. The minimum absolute atomic E-state index is 0.233. The van der Waals surface area contributed by atoms with Gasteiger partial charge in [-0.2, -0.15) is 0 Å². The van der Waals surface area contributed by atoms with E-state index in [0.29, 0.717) is 28.1 Å². The van der Waals surface area contributed by atoms with Gasteiger partial charge in [0.05, 0.1) is 4.90 Å². The molecule has 0 atom stereocenters. The standard InChI is InChI=1S/C20H25N3O2S2/c1-15-12-13-18(22-20(26)21-16-8-4-2-5-9-16)14-19(15)27(24,25)23-17-10-6-3-7-11-17/h3,6-7,10-14,16,23H,2,4-5,8-9H2,1H3,(H2,21,22,26). The number of hydrogen-bond acceptors (Lipinski definition) is 3. The Balaban J connectivity index is 1.72. The third kappa shape index (κ3) is 5.43. The van der Waals surface area contributed by atoms with E-state index in [1.165, 1.54) is 19.3 Å². The molecular formula is C20H25N3O2S2. The van der Waals surface area contributed by atoms with Crippen LogP contribution in [0.5, 0.6) is 0 Å². The molecule has 7 heteroatoms. The molecule has 3 rings (SSSR count). The molecular weight excluding hydrogens is 378 g/mol. The van der Waals surface area contributed by atoms with E-state index in [4.69, 9.17) is 12.2 Å². The number of nitrogens with one attached hydrogen (secondary N) is 3. The van der Waals surface area contributed by atoms with Crippen molar-refractivity contribution in [2.24, 2.45) is 0 Å². The van der Waals surface area contributed by atoms with E-state index in [1.54, 1.807) is 43.3 Å². The number of rotatable bonds is 5. The summed E-state index contributed by atoms with van der Waals surface area (Å²) in [6.07, 6.45) is 5.97. The van der Waals surface area contributed by atoms with Crippen LogP contribution in [-0.4, -0.2) is 19.6 Å². The maximum atomic E-state index is 12.8. The lowest BCUT2D eigenvalue weighted by atomic mass is 9.96. The third-order valence-corrected chi connectivity index (χ3v) is 6.45. The molecule has 0 aliphatic heterocycles. The molecule has 1 saturated carbocycles. The molecule has 3 N–H and O–H groups in total. The van der Waals surface area contributed by atoms with Crippen LogP contribution in [-0.2, 0) is 10.0 Å². The number of para-hydroxylation sites is 1. The van der Waals surface area contributed by atoms with E-state index in [9.17, 15) is 8.42 Å². The summed E-state index contributed by atoms with van der Waals surface area (Å²) in [5, 5.41) is 6.99. The van der Waals surface area contributed by atoms with Crippen molar-refractivity contribution in [2.75, 3.05) is 10.0 Å². The highest BCUT2D eigenvalue weighted by molar-refractivity contribution is 7.92. The number of benzene rings is 2. The molecule has 27 heavy (non-hydrogen) atoms. The lowest BCUT2D eigenvalue weighted by Gasteiger charge is -2.24. The van der Waals surface area contributed by atoms with Crippen LogP contribution in [0.4, 0.5) is 11.4 Å². The van der Waals surface area contributed by atoms with Gasteiger partial charge < -0.3 is 10.6 Å². The Bertz CT molecular complexity index is 893. The summed E-state index contributed by atoms with van der Waals surface area (Å²) in [6, 6.07) is 14.5. The van der Waals surface area contributed by atoms with Crippen molar-refractivity contribution in [2.45, 2.75) is 50.0 Å². The van der Waals surface area contributed by atoms with E-state index < -0.39 is 10.0 Å². The first-order valence-electron chi connectivity index (χ1n) is 9.20. The fraction of sp³-hybridized carbons (Fsp3) is 0.350. The number of hydrogen-bond donors (Lipinski definition) is 3. The molecule has 0 radical (unpaired) electrons. The van der Waals surface area contributed by atoms with Crippen molar-refractivity contribution in [3.05, 3.63) is 54.1 Å². The van der Waals surface area contributed by atoms with Crippen molar-refractivity contribution in [3.63, 3.8) is 0 Å². The monoisotopic (exact) mass is 403 g/mol. The Hall–Kier alpha value is -2.12. The molecule has 0 unspecified atom stereocenters. The summed E-state index contributed by atoms with van der Waals surface area (Å²) in [7, 11) is -3.68. The maximum absolute atomic E-state index is 12.8. The summed E-state index contributed by atoms with van der Waals surface area (Å²) in [5.41, 5.74) is 1.86. The number of anilines is 2. The fourth-order valence-corrected chi connectivity index (χ4v) is 4.90. The van der Waals surface area contributed by atoms with Crippen LogP contribution in [0, 0.1) is 6.92 Å². The second kappa shape index (κ2) is 8.71. The van der Waals surface area contributed by atoms with E-state index in [1.807, 2.05) is 12.1 Å². The van der Waals surface area contributed by atoms with Crippen LogP contribution in [0.15, 0.2) is 53.4 Å². The first-order valence-corrected chi connectivity index (χ1v) is 11.1. The predicted octanol–water partition coefficient (Wildman–Crippen LogP) is 4.41. The summed E-state index contributed by atoms with van der Waals surface area (Å²) >= 11 is 5.40. The minimum atomic E-state index is -3.68. The van der Waals surface area contributed by atoms with Gasteiger partial charge in [0.15, 0.2) is 5.11 Å². The quantitative estimate of drug-likeness (QED) is 0.645. The summed E-state index contributed by atoms with van der Waals surface area (Å²) in [4.78, 5) is 0.233. The van der Waals surface area contributed by atoms with Gasteiger partial charge in [-0.25, -0.2) is 8.42 Å². The summed E-state index contributed by atoms with van der Waals surface area (Å²) in [5.74, 6) is 0. The third-order valence-electron chi connectivity index (χ3n) is 4.70. The van der Waals surface area contributed by atoms with Crippen LogP contribution < -0.4 is 15.4 Å². The molecule has 0 aromatic heterocycles. The Morgan fingerprint density at radius 2 is 1.70 bits per heavy atom. The van der Waals surface area contributed by atoms with Crippen molar-refractivity contribution >= 4 is 38.7 Å². The molecule has 1 aliphatic carbocycles. The van der Waals surface area contributed by atoms with Crippen molar-refractivity contribution in [1.82, 2.24) is 5.32 Å². The first kappa shape index (κ1) is 19.6. The van der Waals surface area contributed by atoms with Crippen LogP contribution in [0.25, 0.3) is 0 Å². The van der Waals surface area contributed by atoms with E-state index >= 15 is 0 Å². The molecule has 0 heterocycles. The highest BCUT2D eigenvalue weighted by Crippen LogP contribution is 2.23. The molecule has 5 nitrogen and oxygen atoms in total. The van der Waals surface area contributed by atoms with Crippen molar-refractivity contribution < 1.29 is 8.42 Å². The van der Waals surface area contributed by atoms with Gasteiger partial charge in [0.2, 0.25) is 0 Å². The molecule has 0 bridgehead atoms. The van der Waals surface area contributed by atoms with Crippen molar-refractivity contribution in [3.8, 4) is 0 Å². The molecule has 144 valence electrons. The van der Waals surface area contributed by atoms with Gasteiger partial charge in [0, 0.05) is 17.4 Å². The number of thiocarbonyl (C=S) groups is 1. The zero-order chi connectivity index (χ0) is 19.3. The Labute approximate surface area is 166 Å². The normalized spacial score (nSPS) is 15.1. The van der Waals surface area contributed by atoms with Crippen molar-refractivity contribution in [1.29, 1.82) is 0 Å². The van der Waals surface area contributed by atoms with Gasteiger partial charge in [-0.3, -0.25) is 4.72 Å². The second-order valence-electron chi connectivity index (χ2n) is 6.89. The summed E-state index contributed by atoms with van der Waals surface area (Å²) < 4.78 is 28.2. The van der Waals surface area contributed by atoms with Crippen LogP contribution in [0.2, 0.25) is 0 Å². The Morgan fingerprint density at radius 3 is 2.41 bits per heavy atom. The highest BCUT2D eigenvalue weighted by atomic mass is 32.2. The van der Waals surface area contributed by atoms with Gasteiger partial charge in [0.1, 0.15) is 0 Å². The van der Waals surface area contributed by atoms with E-state index in [-0.39, 0.29) is 4.90 Å². The Kier molecular flexibility index (Phi) is 6.34. The predicted molar refractivity (Wildman–Crippen MR) is 115 cm³/mol. The van der Waals surface area contributed by atoms with Crippen LogP contribution in [0.1, 0.15) is 37.7 Å². The van der Waals surface area contributed by atoms with E-state index in [0.717, 1.165) is 12.8 Å². The van der Waals surface area contributed by atoms with E-state index in [2.05, 4.69) is 15.4 Å². The number of aryl methyl sites for hydroxylation is 1. The SMILES string of the molecule is Cc1ccc(NC(=S)NC2CCCCC2)cc1S(=O)(=O)Nc1ccccc1. The first-order chi connectivity index (χ1) is 12.9. The van der Waals surface area contributed by atoms with Crippen LogP contribution in [0.3, 0.4) is 0 Å². The zero-order valence-electron chi connectivity index (χ0n) is 15.4. The van der Waals surface area contributed by atoms with Gasteiger partial charge in [0.25, 0.3) is 10.0 Å². The second-order valence-corrected chi connectivity index (χ2v) is 8.94. The summed E-state index contributed by atoms with van der Waals surface area (Å²) in [6.45, 7) is 1.78. The zero-order valence-corrected chi connectivity index (χ0v) is 17.0. The Morgan fingerprint density at radius 1 is 1.00 bits per heavy atom. The molecule has 2 aromatic rings.